The van der Waals surface area contributed by atoms with Gasteiger partial charge in [-0.15, -0.1) is 0 Å². The summed E-state index contributed by atoms with van der Waals surface area (Å²) in [6, 6.07) is 1.85. The lowest BCUT2D eigenvalue weighted by molar-refractivity contribution is 0.0636. The number of anilines is 1. The van der Waals surface area contributed by atoms with Crippen LogP contribution in [0.15, 0.2) is 12.4 Å². The van der Waals surface area contributed by atoms with Crippen molar-refractivity contribution in [1.29, 1.82) is 0 Å². The number of rotatable bonds is 5. The van der Waals surface area contributed by atoms with Crippen molar-refractivity contribution in [1.82, 2.24) is 29.6 Å². The van der Waals surface area contributed by atoms with Crippen LogP contribution in [0.2, 0.25) is 0 Å². The van der Waals surface area contributed by atoms with Gasteiger partial charge in [-0.1, -0.05) is 0 Å². The molecule has 1 aliphatic heterocycles. The fourth-order valence-corrected chi connectivity index (χ4v) is 3.01. The number of likely N-dealkylation sites (tertiary alicyclic amines) is 1. The van der Waals surface area contributed by atoms with E-state index in [0.29, 0.717) is 44.1 Å². The summed E-state index contributed by atoms with van der Waals surface area (Å²) < 4.78 is 16.8. The summed E-state index contributed by atoms with van der Waals surface area (Å²) in [6.07, 6.45) is 2.55. The molecular weight excluding hydrogens is 309 g/mol. The number of nitrogens with one attached hydrogen (secondary N) is 1. The molecule has 24 heavy (non-hydrogen) atoms. The van der Waals surface area contributed by atoms with Gasteiger partial charge in [-0.05, 0) is 26.7 Å². The number of alkyl halides is 1. The summed E-state index contributed by atoms with van der Waals surface area (Å²) in [5.41, 5.74) is -0.320. The van der Waals surface area contributed by atoms with Crippen molar-refractivity contribution in [2.24, 2.45) is 7.05 Å². The number of aromatic nitrogens is 5. The van der Waals surface area contributed by atoms with Crippen molar-refractivity contribution in [2.45, 2.75) is 38.9 Å². The fraction of sp³-hybridized carbons (Fsp3) is 0.625. The average molecular weight is 333 g/mol. The third kappa shape index (κ3) is 4.05. The maximum Gasteiger partial charge on any atom is 0.140 e. The molecule has 1 N–H and O–H groups in total. The van der Waals surface area contributed by atoms with Crippen LogP contribution in [-0.4, -0.2) is 54.9 Å². The molecule has 8 heteroatoms. The van der Waals surface area contributed by atoms with Gasteiger partial charge in [-0.2, -0.15) is 5.10 Å². The molecule has 0 radical (unpaired) electrons. The van der Waals surface area contributed by atoms with Gasteiger partial charge < -0.3 is 5.32 Å². The van der Waals surface area contributed by atoms with E-state index in [2.05, 4.69) is 30.3 Å². The maximum absolute atomic E-state index is 15.0. The van der Waals surface area contributed by atoms with Crippen molar-refractivity contribution in [3.05, 3.63) is 29.7 Å². The van der Waals surface area contributed by atoms with Crippen LogP contribution in [0.1, 0.15) is 30.2 Å². The minimum atomic E-state index is -1.21. The van der Waals surface area contributed by atoms with Crippen LogP contribution in [0.4, 0.5) is 10.2 Å². The first-order valence-electron chi connectivity index (χ1n) is 8.24. The Hall–Kier alpha value is -2.09. The van der Waals surface area contributed by atoms with E-state index < -0.39 is 5.67 Å². The summed E-state index contributed by atoms with van der Waals surface area (Å²) in [5, 5.41) is 7.21. The van der Waals surface area contributed by atoms with Gasteiger partial charge in [0, 0.05) is 31.9 Å². The second-order valence-electron chi connectivity index (χ2n) is 6.52. The first-order valence-corrected chi connectivity index (χ1v) is 8.24. The van der Waals surface area contributed by atoms with Crippen molar-refractivity contribution >= 4 is 5.82 Å². The lowest BCUT2D eigenvalue weighted by Crippen LogP contribution is -2.45. The molecular formula is C16H24FN7. The third-order valence-electron chi connectivity index (χ3n) is 4.47. The van der Waals surface area contributed by atoms with Gasteiger partial charge in [0.1, 0.15) is 29.5 Å². The van der Waals surface area contributed by atoms with Gasteiger partial charge in [-0.25, -0.2) is 19.3 Å². The number of hydrogen-bond acceptors (Lipinski definition) is 6. The number of piperidine rings is 1. The molecule has 0 saturated carbocycles. The normalized spacial score (nSPS) is 17.8. The van der Waals surface area contributed by atoms with E-state index in [9.17, 15) is 0 Å². The minimum absolute atomic E-state index is 0.278. The van der Waals surface area contributed by atoms with Crippen molar-refractivity contribution < 1.29 is 4.39 Å². The molecule has 0 aliphatic carbocycles. The second-order valence-corrected chi connectivity index (χ2v) is 6.52. The summed E-state index contributed by atoms with van der Waals surface area (Å²) in [5.74, 6) is 2.30. The molecule has 130 valence electrons. The highest BCUT2D eigenvalue weighted by molar-refractivity contribution is 5.36. The maximum atomic E-state index is 15.0. The van der Waals surface area contributed by atoms with Gasteiger partial charge in [0.05, 0.1) is 13.1 Å². The third-order valence-corrected chi connectivity index (χ3v) is 4.47. The Balaban J connectivity index is 1.52. The van der Waals surface area contributed by atoms with Crippen LogP contribution in [0, 0.1) is 13.8 Å². The molecule has 1 aliphatic rings. The van der Waals surface area contributed by atoms with Crippen molar-refractivity contribution in [3.63, 3.8) is 0 Å². The first kappa shape index (κ1) is 16.8. The second kappa shape index (κ2) is 6.80. The monoisotopic (exact) mass is 333 g/mol. The standard InChI is InChI=1S/C16H24FN7/c1-12-8-14(22-13(2)21-12)18-10-16(17)4-6-24(7-5-16)9-15-19-11-20-23(15)3/h8,11H,4-7,9-10H2,1-3H3,(H,18,21,22). The van der Waals surface area contributed by atoms with E-state index in [1.165, 1.54) is 0 Å². The zero-order chi connectivity index (χ0) is 17.2. The van der Waals surface area contributed by atoms with Crippen LogP contribution in [0.5, 0.6) is 0 Å². The lowest BCUT2D eigenvalue weighted by Gasteiger charge is -2.36. The van der Waals surface area contributed by atoms with Gasteiger partial charge in [0.2, 0.25) is 0 Å². The zero-order valence-corrected chi connectivity index (χ0v) is 14.5. The highest BCUT2D eigenvalue weighted by Gasteiger charge is 2.34. The molecule has 1 saturated heterocycles. The number of aryl methyl sites for hydroxylation is 3. The van der Waals surface area contributed by atoms with E-state index in [-0.39, 0.29) is 6.54 Å². The molecule has 2 aromatic heterocycles. The van der Waals surface area contributed by atoms with E-state index in [4.69, 9.17) is 0 Å². The molecule has 0 atom stereocenters. The Morgan fingerprint density at radius 2 is 2.00 bits per heavy atom. The largest absolute Gasteiger partial charge is 0.367 e. The summed E-state index contributed by atoms with van der Waals surface area (Å²) in [7, 11) is 1.88. The Morgan fingerprint density at radius 3 is 2.62 bits per heavy atom. The SMILES string of the molecule is Cc1cc(NCC2(F)CCN(Cc3ncnn3C)CC2)nc(C)n1. The summed E-state index contributed by atoms with van der Waals surface area (Å²) >= 11 is 0. The first-order chi connectivity index (χ1) is 11.4. The number of hydrogen-bond donors (Lipinski definition) is 1. The predicted octanol–water partition coefficient (Wildman–Crippen LogP) is 1.64. The molecule has 7 nitrogen and oxygen atoms in total. The Morgan fingerprint density at radius 1 is 1.25 bits per heavy atom. The predicted molar refractivity (Wildman–Crippen MR) is 89.3 cm³/mol. The van der Waals surface area contributed by atoms with E-state index >= 15 is 4.39 Å². The fourth-order valence-electron chi connectivity index (χ4n) is 3.01. The lowest BCUT2D eigenvalue weighted by atomic mass is 9.93. The molecule has 0 bridgehead atoms. The van der Waals surface area contributed by atoms with E-state index in [1.54, 1.807) is 11.0 Å². The minimum Gasteiger partial charge on any atom is -0.367 e. The van der Waals surface area contributed by atoms with Crippen LogP contribution in [0.3, 0.4) is 0 Å². The highest BCUT2D eigenvalue weighted by Crippen LogP contribution is 2.27. The van der Waals surface area contributed by atoms with Crippen LogP contribution >= 0.6 is 0 Å². The topological polar surface area (TPSA) is 71.8 Å². The summed E-state index contributed by atoms with van der Waals surface area (Å²) in [4.78, 5) is 15.0. The zero-order valence-electron chi connectivity index (χ0n) is 14.5. The molecule has 2 aromatic rings. The van der Waals surface area contributed by atoms with Crippen molar-refractivity contribution in [3.8, 4) is 0 Å². The average Bonchev–Trinajstić information content (AvgIpc) is 2.92. The molecule has 3 heterocycles. The van der Waals surface area contributed by atoms with E-state index in [0.717, 1.165) is 11.5 Å². The van der Waals surface area contributed by atoms with Gasteiger partial charge in [0.15, 0.2) is 0 Å². The van der Waals surface area contributed by atoms with E-state index in [1.807, 2.05) is 27.0 Å². The molecule has 3 rings (SSSR count). The van der Waals surface area contributed by atoms with Crippen LogP contribution < -0.4 is 5.32 Å². The Kier molecular flexibility index (Phi) is 4.75. The quantitative estimate of drug-likeness (QED) is 0.897. The smallest absolute Gasteiger partial charge is 0.140 e. The van der Waals surface area contributed by atoms with Crippen LogP contribution in [-0.2, 0) is 13.6 Å². The number of nitrogens with zero attached hydrogens (tertiary/aromatic N) is 6. The molecule has 1 fully saturated rings. The van der Waals surface area contributed by atoms with Crippen molar-refractivity contribution in [2.75, 3.05) is 25.0 Å². The van der Waals surface area contributed by atoms with Gasteiger partial charge in [0.25, 0.3) is 0 Å². The molecule has 0 spiro atoms. The van der Waals surface area contributed by atoms with Crippen LogP contribution in [0.25, 0.3) is 0 Å². The molecule has 0 amide bonds. The Labute approximate surface area is 141 Å². The van der Waals surface area contributed by atoms with Gasteiger partial charge in [-0.3, -0.25) is 9.58 Å². The molecule has 0 aromatic carbocycles. The molecule has 0 unspecified atom stereocenters. The summed E-state index contributed by atoms with van der Waals surface area (Å²) in [6.45, 7) is 6.18. The highest BCUT2D eigenvalue weighted by atomic mass is 19.1. The van der Waals surface area contributed by atoms with Gasteiger partial charge >= 0.3 is 0 Å². The number of halogens is 1. The Bertz CT molecular complexity index is 671.